The molecular formula is C21H19N3O3. The van der Waals surface area contributed by atoms with Crippen molar-refractivity contribution in [3.63, 3.8) is 0 Å². The average Bonchev–Trinajstić information content (AvgIpc) is 2.68. The number of hydrazone groups is 1. The molecule has 0 atom stereocenters. The van der Waals surface area contributed by atoms with E-state index in [-0.39, 0.29) is 12.2 Å². The van der Waals surface area contributed by atoms with Crippen molar-refractivity contribution < 1.29 is 9.53 Å². The quantitative estimate of drug-likeness (QED) is 0.386. The van der Waals surface area contributed by atoms with E-state index in [9.17, 15) is 9.59 Å². The maximum atomic E-state index is 12.0. The first-order valence-corrected chi connectivity index (χ1v) is 8.43. The van der Waals surface area contributed by atoms with E-state index in [1.807, 2.05) is 42.5 Å². The van der Waals surface area contributed by atoms with Crippen LogP contribution >= 0.6 is 0 Å². The highest BCUT2D eigenvalue weighted by Gasteiger charge is 2.05. The Labute approximate surface area is 156 Å². The number of ether oxygens (including phenoxy) is 1. The van der Waals surface area contributed by atoms with Crippen LogP contribution in [0, 0.1) is 0 Å². The van der Waals surface area contributed by atoms with Crippen LogP contribution in [-0.2, 0) is 11.2 Å². The molecule has 136 valence electrons. The molecule has 0 aliphatic rings. The molecule has 2 aromatic carbocycles. The lowest BCUT2D eigenvalue weighted by Gasteiger charge is -2.09. The predicted molar refractivity (Wildman–Crippen MR) is 106 cm³/mol. The summed E-state index contributed by atoms with van der Waals surface area (Å²) in [6.07, 6.45) is 3.74. The summed E-state index contributed by atoms with van der Waals surface area (Å²) in [5, 5.41) is 4.72. The van der Waals surface area contributed by atoms with Crippen LogP contribution in [0.5, 0.6) is 5.75 Å². The SMILES string of the molecule is C=CCc1ccccc1OCC(=O)N/N=C/c1cc2ccccc2[nH]c1=O. The van der Waals surface area contributed by atoms with Gasteiger partial charge < -0.3 is 9.72 Å². The van der Waals surface area contributed by atoms with E-state index in [4.69, 9.17) is 4.74 Å². The number of fused-ring (bicyclic) bond motifs is 1. The number of carbonyl (C=O) groups is 1. The van der Waals surface area contributed by atoms with Gasteiger partial charge in [-0.3, -0.25) is 9.59 Å². The molecule has 3 rings (SSSR count). The van der Waals surface area contributed by atoms with Gasteiger partial charge in [-0.25, -0.2) is 5.43 Å². The monoisotopic (exact) mass is 361 g/mol. The summed E-state index contributed by atoms with van der Waals surface area (Å²) in [4.78, 5) is 26.7. The highest BCUT2D eigenvalue weighted by Crippen LogP contribution is 2.18. The largest absolute Gasteiger partial charge is 0.483 e. The lowest BCUT2D eigenvalue weighted by Crippen LogP contribution is -2.25. The van der Waals surface area contributed by atoms with E-state index in [1.165, 1.54) is 6.21 Å². The number of H-pyrrole nitrogens is 1. The number of amides is 1. The van der Waals surface area contributed by atoms with Crippen LogP contribution in [0.3, 0.4) is 0 Å². The molecule has 0 unspecified atom stereocenters. The van der Waals surface area contributed by atoms with Crippen LogP contribution in [0.15, 0.2) is 77.1 Å². The highest BCUT2D eigenvalue weighted by molar-refractivity contribution is 5.88. The Morgan fingerprint density at radius 1 is 1.19 bits per heavy atom. The Morgan fingerprint density at radius 3 is 2.81 bits per heavy atom. The molecule has 6 nitrogen and oxygen atoms in total. The number of hydrogen-bond donors (Lipinski definition) is 2. The van der Waals surface area contributed by atoms with Crippen molar-refractivity contribution in [1.82, 2.24) is 10.4 Å². The van der Waals surface area contributed by atoms with E-state index in [2.05, 4.69) is 22.1 Å². The van der Waals surface area contributed by atoms with Gasteiger partial charge in [0.25, 0.3) is 11.5 Å². The third kappa shape index (κ3) is 4.70. The van der Waals surface area contributed by atoms with Gasteiger partial charge >= 0.3 is 0 Å². The third-order valence-electron chi connectivity index (χ3n) is 3.87. The van der Waals surface area contributed by atoms with Crippen LogP contribution in [0.2, 0.25) is 0 Å². The van der Waals surface area contributed by atoms with Gasteiger partial charge in [0, 0.05) is 5.52 Å². The first-order valence-electron chi connectivity index (χ1n) is 8.43. The van der Waals surface area contributed by atoms with Gasteiger partial charge in [0.15, 0.2) is 6.61 Å². The molecule has 1 heterocycles. The van der Waals surface area contributed by atoms with Gasteiger partial charge in [-0.15, -0.1) is 6.58 Å². The van der Waals surface area contributed by atoms with Crippen molar-refractivity contribution in [2.24, 2.45) is 5.10 Å². The van der Waals surface area contributed by atoms with Crippen molar-refractivity contribution in [3.8, 4) is 5.75 Å². The summed E-state index contributed by atoms with van der Waals surface area (Å²) in [7, 11) is 0. The number of nitrogens with zero attached hydrogens (tertiary/aromatic N) is 1. The summed E-state index contributed by atoms with van der Waals surface area (Å²) in [6.45, 7) is 3.52. The predicted octanol–water partition coefficient (Wildman–Crippen LogP) is 2.79. The van der Waals surface area contributed by atoms with Crippen LogP contribution in [-0.4, -0.2) is 23.7 Å². The zero-order chi connectivity index (χ0) is 19.1. The molecule has 1 aromatic heterocycles. The van der Waals surface area contributed by atoms with Gasteiger partial charge in [-0.2, -0.15) is 5.10 Å². The Kier molecular flexibility index (Phi) is 5.79. The molecule has 27 heavy (non-hydrogen) atoms. The molecule has 0 saturated carbocycles. The third-order valence-corrected chi connectivity index (χ3v) is 3.87. The molecule has 0 aliphatic heterocycles. The molecule has 0 fully saturated rings. The summed E-state index contributed by atoms with van der Waals surface area (Å²) in [5.74, 6) is 0.208. The van der Waals surface area contributed by atoms with Crippen LogP contribution in [0.25, 0.3) is 10.9 Å². The minimum absolute atomic E-state index is 0.181. The summed E-state index contributed by atoms with van der Waals surface area (Å²) in [6, 6.07) is 16.6. The van der Waals surface area contributed by atoms with Crippen LogP contribution < -0.4 is 15.7 Å². The smallest absolute Gasteiger partial charge is 0.277 e. The second kappa shape index (κ2) is 8.62. The number of hydrogen-bond acceptors (Lipinski definition) is 4. The number of allylic oxidation sites excluding steroid dienone is 1. The number of carbonyl (C=O) groups excluding carboxylic acids is 1. The number of rotatable bonds is 7. The lowest BCUT2D eigenvalue weighted by atomic mass is 10.1. The molecule has 0 aliphatic carbocycles. The molecule has 0 bridgehead atoms. The number of aromatic amines is 1. The fourth-order valence-electron chi connectivity index (χ4n) is 2.58. The van der Waals surface area contributed by atoms with Crippen molar-refractivity contribution in [3.05, 3.63) is 88.7 Å². The second-order valence-electron chi connectivity index (χ2n) is 5.82. The first kappa shape index (κ1) is 18.1. The normalized spacial score (nSPS) is 10.8. The average molecular weight is 361 g/mol. The maximum Gasteiger partial charge on any atom is 0.277 e. The Bertz CT molecular complexity index is 1050. The zero-order valence-corrected chi connectivity index (χ0v) is 14.6. The van der Waals surface area contributed by atoms with Crippen molar-refractivity contribution in [1.29, 1.82) is 0 Å². The maximum absolute atomic E-state index is 12.0. The van der Waals surface area contributed by atoms with E-state index < -0.39 is 5.91 Å². The number of nitrogens with one attached hydrogen (secondary N) is 2. The lowest BCUT2D eigenvalue weighted by molar-refractivity contribution is -0.123. The number of para-hydroxylation sites is 2. The number of benzene rings is 2. The fraction of sp³-hybridized carbons (Fsp3) is 0.0952. The van der Waals surface area contributed by atoms with Gasteiger partial charge in [-0.1, -0.05) is 42.5 Å². The minimum Gasteiger partial charge on any atom is -0.483 e. The molecule has 0 radical (unpaired) electrons. The van der Waals surface area contributed by atoms with E-state index in [0.29, 0.717) is 17.7 Å². The Morgan fingerprint density at radius 2 is 1.96 bits per heavy atom. The molecule has 0 spiro atoms. The molecule has 6 heteroatoms. The van der Waals surface area contributed by atoms with Gasteiger partial charge in [0.05, 0.1) is 11.8 Å². The molecule has 0 saturated heterocycles. The minimum atomic E-state index is -0.420. The Balaban J connectivity index is 1.60. The van der Waals surface area contributed by atoms with E-state index in [1.54, 1.807) is 18.2 Å². The van der Waals surface area contributed by atoms with Gasteiger partial charge in [0.2, 0.25) is 0 Å². The Hall–Kier alpha value is -3.67. The van der Waals surface area contributed by atoms with Gasteiger partial charge in [0.1, 0.15) is 5.75 Å². The summed E-state index contributed by atoms with van der Waals surface area (Å²) >= 11 is 0. The summed E-state index contributed by atoms with van der Waals surface area (Å²) < 4.78 is 5.53. The molecular weight excluding hydrogens is 342 g/mol. The standard InChI is InChI=1S/C21H19N3O3/c1-2-7-15-8-4-6-11-19(15)27-14-20(25)24-22-13-17-12-16-9-3-5-10-18(16)23-21(17)26/h2-6,8-13H,1,7,14H2,(H,23,26)(H,24,25)/b22-13+. The van der Waals surface area contributed by atoms with Crippen molar-refractivity contribution in [2.45, 2.75) is 6.42 Å². The first-order chi connectivity index (χ1) is 13.2. The summed E-state index contributed by atoms with van der Waals surface area (Å²) in [5.41, 5.74) is 4.13. The number of aromatic nitrogens is 1. The van der Waals surface area contributed by atoms with Crippen LogP contribution in [0.1, 0.15) is 11.1 Å². The fourth-order valence-corrected chi connectivity index (χ4v) is 2.58. The molecule has 1 amide bonds. The molecule has 2 N–H and O–H groups in total. The van der Waals surface area contributed by atoms with Crippen molar-refractivity contribution in [2.75, 3.05) is 6.61 Å². The topological polar surface area (TPSA) is 83.5 Å². The van der Waals surface area contributed by atoms with Crippen molar-refractivity contribution >= 4 is 23.0 Å². The van der Waals surface area contributed by atoms with Crippen LogP contribution in [0.4, 0.5) is 0 Å². The van der Waals surface area contributed by atoms with Gasteiger partial charge in [-0.05, 0) is 35.6 Å². The van der Waals surface area contributed by atoms with E-state index >= 15 is 0 Å². The van der Waals surface area contributed by atoms with E-state index in [0.717, 1.165) is 16.5 Å². The zero-order valence-electron chi connectivity index (χ0n) is 14.6. The molecule has 3 aromatic rings. The highest BCUT2D eigenvalue weighted by atomic mass is 16.5. The second-order valence-corrected chi connectivity index (χ2v) is 5.82. The number of pyridine rings is 1.